The molecule has 1 aliphatic rings. The molecule has 0 atom stereocenters. The molecule has 1 saturated heterocycles. The molecule has 9 heteroatoms. The normalized spacial score (nSPS) is 14.5. The fraction of sp³-hybridized carbons (Fsp3) is 0.0435. The molecule has 1 fully saturated rings. The van der Waals surface area contributed by atoms with Gasteiger partial charge in [-0.25, -0.2) is 5.01 Å². The van der Waals surface area contributed by atoms with Crippen molar-refractivity contribution >= 4 is 45.2 Å². The first-order valence-electron chi connectivity index (χ1n) is 9.50. The van der Waals surface area contributed by atoms with E-state index < -0.39 is 16.7 Å². The Morgan fingerprint density at radius 1 is 1.03 bits per heavy atom. The van der Waals surface area contributed by atoms with Crippen LogP contribution in [0.15, 0.2) is 82.8 Å². The van der Waals surface area contributed by atoms with E-state index in [0.29, 0.717) is 11.4 Å². The Kier molecular flexibility index (Phi) is 6.00. The number of nitro groups is 1. The van der Waals surface area contributed by atoms with Gasteiger partial charge in [0.2, 0.25) is 0 Å². The standard InChI is InChI=1S/C23H16BrN3O5/c24-17-8-6-15(7-9-17)14-32-21-11-10-19(27(30)31)12-16(21)13-20-22(28)25-26(23(20)29)18-4-2-1-3-5-18/h1-13H,14H2,(H,25,28). The van der Waals surface area contributed by atoms with Gasteiger partial charge >= 0.3 is 0 Å². The van der Waals surface area contributed by atoms with E-state index >= 15 is 0 Å². The average molecular weight is 494 g/mol. The third-order valence-corrected chi connectivity index (χ3v) is 5.25. The second-order valence-corrected chi connectivity index (χ2v) is 7.79. The van der Waals surface area contributed by atoms with E-state index in [1.807, 2.05) is 24.3 Å². The van der Waals surface area contributed by atoms with Gasteiger partial charge in [0.15, 0.2) is 0 Å². The van der Waals surface area contributed by atoms with E-state index in [0.717, 1.165) is 15.0 Å². The number of non-ortho nitro benzene ring substituents is 1. The first-order valence-corrected chi connectivity index (χ1v) is 10.3. The second-order valence-electron chi connectivity index (χ2n) is 6.87. The minimum atomic E-state index is -0.607. The maximum atomic E-state index is 12.9. The van der Waals surface area contributed by atoms with Gasteiger partial charge in [0, 0.05) is 22.2 Å². The average Bonchev–Trinajstić information content (AvgIpc) is 3.08. The predicted molar refractivity (Wildman–Crippen MR) is 122 cm³/mol. The molecule has 1 aliphatic heterocycles. The van der Waals surface area contributed by atoms with E-state index in [2.05, 4.69) is 21.4 Å². The Hall–Kier alpha value is -3.98. The molecule has 2 amide bonds. The number of halogens is 1. The van der Waals surface area contributed by atoms with Crippen LogP contribution < -0.4 is 15.2 Å². The van der Waals surface area contributed by atoms with Gasteiger partial charge in [-0.3, -0.25) is 25.1 Å². The molecule has 160 valence electrons. The van der Waals surface area contributed by atoms with Gasteiger partial charge in [-0.2, -0.15) is 0 Å². The van der Waals surface area contributed by atoms with Gasteiger partial charge in [-0.1, -0.05) is 46.3 Å². The van der Waals surface area contributed by atoms with E-state index in [9.17, 15) is 19.7 Å². The molecule has 1 heterocycles. The van der Waals surface area contributed by atoms with E-state index in [-0.39, 0.29) is 23.4 Å². The molecule has 0 unspecified atom stereocenters. The molecule has 0 bridgehead atoms. The van der Waals surface area contributed by atoms with Crippen molar-refractivity contribution in [2.45, 2.75) is 6.61 Å². The predicted octanol–water partition coefficient (Wildman–Crippen LogP) is 4.40. The number of nitrogens with one attached hydrogen (secondary N) is 1. The van der Waals surface area contributed by atoms with Crippen LogP contribution in [0.5, 0.6) is 5.75 Å². The van der Waals surface area contributed by atoms with Crippen molar-refractivity contribution in [3.05, 3.63) is 104 Å². The molecule has 1 N–H and O–H groups in total. The first kappa shape index (κ1) is 21.3. The number of para-hydroxylation sites is 1. The second kappa shape index (κ2) is 9.03. The van der Waals surface area contributed by atoms with Crippen LogP contribution >= 0.6 is 15.9 Å². The van der Waals surface area contributed by atoms with Crippen molar-refractivity contribution in [1.29, 1.82) is 0 Å². The van der Waals surface area contributed by atoms with Crippen molar-refractivity contribution in [1.82, 2.24) is 5.43 Å². The maximum Gasteiger partial charge on any atom is 0.282 e. The monoisotopic (exact) mass is 493 g/mol. The van der Waals surface area contributed by atoms with E-state index in [1.165, 1.54) is 24.3 Å². The van der Waals surface area contributed by atoms with Crippen LogP contribution in [-0.4, -0.2) is 16.7 Å². The lowest BCUT2D eigenvalue weighted by atomic mass is 10.1. The van der Waals surface area contributed by atoms with Crippen molar-refractivity contribution in [3.63, 3.8) is 0 Å². The summed E-state index contributed by atoms with van der Waals surface area (Å²) in [5, 5.41) is 12.4. The maximum absolute atomic E-state index is 12.9. The molecule has 4 rings (SSSR count). The number of carbonyl (C=O) groups excluding carboxylic acids is 2. The fourth-order valence-electron chi connectivity index (χ4n) is 3.11. The number of anilines is 1. The van der Waals surface area contributed by atoms with Gasteiger partial charge in [0.05, 0.1) is 10.6 Å². The van der Waals surface area contributed by atoms with Crippen LogP contribution in [0.2, 0.25) is 0 Å². The minimum Gasteiger partial charge on any atom is -0.488 e. The summed E-state index contributed by atoms with van der Waals surface area (Å²) in [6.45, 7) is 0.206. The first-order chi connectivity index (χ1) is 15.4. The zero-order valence-electron chi connectivity index (χ0n) is 16.5. The summed E-state index contributed by atoms with van der Waals surface area (Å²) < 4.78 is 6.78. The highest BCUT2D eigenvalue weighted by atomic mass is 79.9. The zero-order valence-corrected chi connectivity index (χ0v) is 18.1. The quantitative estimate of drug-likeness (QED) is 0.237. The van der Waals surface area contributed by atoms with Crippen LogP contribution in [0.25, 0.3) is 6.08 Å². The highest BCUT2D eigenvalue weighted by Crippen LogP contribution is 2.29. The summed E-state index contributed by atoms with van der Waals surface area (Å²) in [5.41, 5.74) is 3.81. The number of amides is 2. The molecule has 0 aliphatic carbocycles. The van der Waals surface area contributed by atoms with Crippen LogP contribution in [0, 0.1) is 10.1 Å². The smallest absolute Gasteiger partial charge is 0.282 e. The van der Waals surface area contributed by atoms with E-state index in [1.54, 1.807) is 30.3 Å². The molecule has 8 nitrogen and oxygen atoms in total. The Morgan fingerprint density at radius 3 is 2.44 bits per heavy atom. The number of nitrogens with zero attached hydrogens (tertiary/aromatic N) is 2. The molecule has 0 saturated carbocycles. The number of hydrazine groups is 1. The Balaban J connectivity index is 1.66. The topological polar surface area (TPSA) is 102 Å². The summed E-state index contributed by atoms with van der Waals surface area (Å²) in [6.07, 6.45) is 1.31. The van der Waals surface area contributed by atoms with Gasteiger partial charge in [-0.05, 0) is 42.0 Å². The molecular weight excluding hydrogens is 478 g/mol. The molecule has 3 aromatic carbocycles. The summed E-state index contributed by atoms with van der Waals surface area (Å²) in [4.78, 5) is 36.1. The molecule has 3 aromatic rings. The summed E-state index contributed by atoms with van der Waals surface area (Å²) in [5.74, 6) is -0.861. The number of carbonyl (C=O) groups is 2. The van der Waals surface area contributed by atoms with Crippen molar-refractivity contribution in [3.8, 4) is 5.75 Å². The summed E-state index contributed by atoms with van der Waals surface area (Å²) in [7, 11) is 0. The third kappa shape index (κ3) is 4.52. The number of hydrogen-bond donors (Lipinski definition) is 1. The number of nitro benzene ring substituents is 1. The minimum absolute atomic E-state index is 0.150. The van der Waals surface area contributed by atoms with Crippen molar-refractivity contribution in [2.24, 2.45) is 0 Å². The highest BCUT2D eigenvalue weighted by Gasteiger charge is 2.34. The SMILES string of the molecule is O=C1NN(c2ccccc2)C(=O)C1=Cc1cc([N+](=O)[O-])ccc1OCc1ccc(Br)cc1. The number of hydrogen-bond acceptors (Lipinski definition) is 5. The Morgan fingerprint density at radius 2 is 1.75 bits per heavy atom. The lowest BCUT2D eigenvalue weighted by Crippen LogP contribution is -2.35. The van der Waals surface area contributed by atoms with Crippen molar-refractivity contribution < 1.29 is 19.2 Å². The number of ether oxygens (including phenoxy) is 1. The van der Waals surface area contributed by atoms with Crippen LogP contribution in [-0.2, 0) is 16.2 Å². The van der Waals surface area contributed by atoms with E-state index in [4.69, 9.17) is 4.74 Å². The van der Waals surface area contributed by atoms with Crippen molar-refractivity contribution in [2.75, 3.05) is 5.01 Å². The largest absolute Gasteiger partial charge is 0.488 e. The molecule has 0 aromatic heterocycles. The third-order valence-electron chi connectivity index (χ3n) is 4.72. The summed E-state index contributed by atoms with van der Waals surface area (Å²) >= 11 is 3.37. The van der Waals surface area contributed by atoms with Gasteiger partial charge in [0.25, 0.3) is 17.5 Å². The lowest BCUT2D eigenvalue weighted by molar-refractivity contribution is -0.384. The lowest BCUT2D eigenvalue weighted by Gasteiger charge is -2.14. The summed E-state index contributed by atoms with van der Waals surface area (Å²) in [6, 6.07) is 20.2. The number of rotatable bonds is 6. The molecule has 32 heavy (non-hydrogen) atoms. The zero-order chi connectivity index (χ0) is 22.7. The van der Waals surface area contributed by atoms with Crippen LogP contribution in [0.1, 0.15) is 11.1 Å². The molecule has 0 radical (unpaired) electrons. The van der Waals surface area contributed by atoms with Gasteiger partial charge < -0.3 is 4.74 Å². The Labute approximate surface area is 191 Å². The molecular formula is C23H16BrN3O5. The Bertz CT molecular complexity index is 1230. The van der Waals surface area contributed by atoms with Crippen LogP contribution in [0.3, 0.4) is 0 Å². The highest BCUT2D eigenvalue weighted by molar-refractivity contribution is 9.10. The number of benzene rings is 3. The van der Waals surface area contributed by atoms with Crippen LogP contribution in [0.4, 0.5) is 11.4 Å². The fourth-order valence-corrected chi connectivity index (χ4v) is 3.37. The van der Waals surface area contributed by atoms with Gasteiger partial charge in [0.1, 0.15) is 17.9 Å². The van der Waals surface area contributed by atoms with Gasteiger partial charge in [-0.15, -0.1) is 0 Å². The molecule has 0 spiro atoms.